The maximum absolute atomic E-state index is 5.65. The third kappa shape index (κ3) is 7.35. The fourth-order valence-corrected chi connectivity index (χ4v) is 2.67. The third-order valence-electron chi connectivity index (χ3n) is 3.88. The van der Waals surface area contributed by atoms with Crippen LogP contribution in [-0.4, -0.2) is 73.5 Å². The number of aromatic nitrogens is 2. The molecule has 1 N–H and O–H groups in total. The van der Waals surface area contributed by atoms with Crippen molar-refractivity contribution in [1.82, 2.24) is 19.8 Å². The zero-order valence-corrected chi connectivity index (χ0v) is 17.0. The number of imidazole rings is 1. The average Bonchev–Trinajstić information content (AvgIpc) is 3.22. The summed E-state index contributed by atoms with van der Waals surface area (Å²) in [5.41, 5.74) is 0. The van der Waals surface area contributed by atoms with Gasteiger partial charge in [0.15, 0.2) is 5.96 Å². The van der Waals surface area contributed by atoms with E-state index in [4.69, 9.17) is 14.5 Å². The predicted octanol–water partition coefficient (Wildman–Crippen LogP) is 1.45. The van der Waals surface area contributed by atoms with E-state index in [0.29, 0.717) is 19.1 Å². The van der Waals surface area contributed by atoms with Gasteiger partial charge in [-0.3, -0.25) is 4.99 Å². The first kappa shape index (κ1) is 21.2. The second-order valence-electron chi connectivity index (χ2n) is 5.70. The van der Waals surface area contributed by atoms with E-state index in [-0.39, 0.29) is 24.0 Å². The Morgan fingerprint density at radius 2 is 2.29 bits per heavy atom. The standard InChI is InChI=1S/C16H29N5O2.HI/c1-3-18-16(19-6-9-20-8-5-17-14-20)21-7-4-15(12-21)13-23-11-10-22-2;/h5,8,14-15H,3-4,6-7,9-13H2,1-2H3,(H,18,19);1H. The SMILES string of the molecule is CCNC(=NCCn1ccnc1)N1CCC(COCCOC)C1.I. The zero-order chi connectivity index (χ0) is 16.3. The lowest BCUT2D eigenvalue weighted by molar-refractivity contribution is 0.0536. The molecule has 1 unspecified atom stereocenters. The molecule has 0 spiro atoms. The smallest absolute Gasteiger partial charge is 0.193 e. The molecule has 0 aliphatic carbocycles. The fraction of sp³-hybridized carbons (Fsp3) is 0.750. The number of ether oxygens (including phenoxy) is 2. The van der Waals surface area contributed by atoms with Gasteiger partial charge in [0.25, 0.3) is 0 Å². The van der Waals surface area contributed by atoms with E-state index >= 15 is 0 Å². The molecule has 1 aromatic heterocycles. The van der Waals surface area contributed by atoms with Gasteiger partial charge in [-0.05, 0) is 13.3 Å². The number of guanidine groups is 1. The summed E-state index contributed by atoms with van der Waals surface area (Å²) in [4.78, 5) is 11.1. The van der Waals surface area contributed by atoms with Crippen molar-refractivity contribution in [2.24, 2.45) is 10.9 Å². The summed E-state index contributed by atoms with van der Waals surface area (Å²) in [6.07, 6.45) is 6.74. The Labute approximate surface area is 161 Å². The number of halogens is 1. The van der Waals surface area contributed by atoms with E-state index in [1.54, 1.807) is 13.3 Å². The number of methoxy groups -OCH3 is 1. The van der Waals surface area contributed by atoms with Gasteiger partial charge in [0.1, 0.15) is 0 Å². The molecule has 138 valence electrons. The molecule has 0 saturated carbocycles. The zero-order valence-electron chi connectivity index (χ0n) is 14.7. The Morgan fingerprint density at radius 1 is 1.42 bits per heavy atom. The summed E-state index contributed by atoms with van der Waals surface area (Å²) in [5, 5.41) is 3.39. The second-order valence-corrected chi connectivity index (χ2v) is 5.70. The van der Waals surface area contributed by atoms with Crippen molar-refractivity contribution in [2.45, 2.75) is 19.9 Å². The van der Waals surface area contributed by atoms with Crippen LogP contribution >= 0.6 is 24.0 Å². The largest absolute Gasteiger partial charge is 0.382 e. The van der Waals surface area contributed by atoms with Crippen LogP contribution in [0, 0.1) is 5.92 Å². The summed E-state index contributed by atoms with van der Waals surface area (Å²) in [6, 6.07) is 0. The lowest BCUT2D eigenvalue weighted by atomic mass is 10.1. The number of rotatable bonds is 9. The Kier molecular flexibility index (Phi) is 11.0. The molecule has 0 radical (unpaired) electrons. The van der Waals surface area contributed by atoms with E-state index in [9.17, 15) is 0 Å². The third-order valence-corrected chi connectivity index (χ3v) is 3.88. The van der Waals surface area contributed by atoms with Crippen LogP contribution in [0.3, 0.4) is 0 Å². The lowest BCUT2D eigenvalue weighted by Crippen LogP contribution is -2.40. The summed E-state index contributed by atoms with van der Waals surface area (Å²) in [7, 11) is 1.70. The maximum atomic E-state index is 5.65. The van der Waals surface area contributed by atoms with Gasteiger partial charge in [0.05, 0.1) is 32.7 Å². The van der Waals surface area contributed by atoms with Crippen molar-refractivity contribution in [3.8, 4) is 0 Å². The Morgan fingerprint density at radius 3 is 3.00 bits per heavy atom. The molecule has 1 aromatic rings. The minimum Gasteiger partial charge on any atom is -0.382 e. The highest BCUT2D eigenvalue weighted by atomic mass is 127. The van der Waals surface area contributed by atoms with Crippen molar-refractivity contribution >= 4 is 29.9 Å². The molecule has 7 nitrogen and oxygen atoms in total. The van der Waals surface area contributed by atoms with Gasteiger partial charge in [-0.15, -0.1) is 24.0 Å². The number of nitrogens with zero attached hydrogens (tertiary/aromatic N) is 4. The molecule has 1 aliphatic heterocycles. The van der Waals surface area contributed by atoms with Crippen LogP contribution in [0.1, 0.15) is 13.3 Å². The molecule has 1 aliphatic rings. The highest BCUT2D eigenvalue weighted by molar-refractivity contribution is 14.0. The Bertz CT molecular complexity index is 455. The van der Waals surface area contributed by atoms with E-state index in [1.165, 1.54) is 0 Å². The van der Waals surface area contributed by atoms with Gasteiger partial charge in [0, 0.05) is 51.6 Å². The van der Waals surface area contributed by atoms with Crippen LogP contribution in [0.2, 0.25) is 0 Å². The van der Waals surface area contributed by atoms with Gasteiger partial charge in [-0.1, -0.05) is 0 Å². The minimum atomic E-state index is 0. The average molecular weight is 451 g/mol. The van der Waals surface area contributed by atoms with Gasteiger partial charge >= 0.3 is 0 Å². The fourth-order valence-electron chi connectivity index (χ4n) is 2.67. The molecule has 1 fully saturated rings. The molecule has 2 heterocycles. The molecule has 1 saturated heterocycles. The van der Waals surface area contributed by atoms with Crippen molar-refractivity contribution in [1.29, 1.82) is 0 Å². The molecule has 0 bridgehead atoms. The van der Waals surface area contributed by atoms with Gasteiger partial charge in [-0.2, -0.15) is 0 Å². The highest BCUT2D eigenvalue weighted by Crippen LogP contribution is 2.16. The van der Waals surface area contributed by atoms with Crippen LogP contribution < -0.4 is 5.32 Å². The van der Waals surface area contributed by atoms with Gasteiger partial charge < -0.3 is 24.3 Å². The first-order chi connectivity index (χ1) is 11.3. The molecule has 0 amide bonds. The van der Waals surface area contributed by atoms with Crippen LogP contribution in [0.25, 0.3) is 0 Å². The number of hydrogen-bond donors (Lipinski definition) is 1. The van der Waals surface area contributed by atoms with Crippen molar-refractivity contribution in [2.75, 3.05) is 53.1 Å². The summed E-state index contributed by atoms with van der Waals surface area (Å²) in [5.74, 6) is 1.58. The monoisotopic (exact) mass is 451 g/mol. The van der Waals surface area contributed by atoms with E-state index in [1.807, 2.05) is 17.1 Å². The first-order valence-corrected chi connectivity index (χ1v) is 8.39. The predicted molar refractivity (Wildman–Crippen MR) is 106 cm³/mol. The molecular weight excluding hydrogens is 421 g/mol. The summed E-state index contributed by atoms with van der Waals surface area (Å²) in [6.45, 7) is 8.77. The highest BCUT2D eigenvalue weighted by Gasteiger charge is 2.24. The van der Waals surface area contributed by atoms with Gasteiger partial charge in [-0.25, -0.2) is 4.98 Å². The van der Waals surface area contributed by atoms with Crippen LogP contribution in [-0.2, 0) is 16.0 Å². The summed E-state index contributed by atoms with van der Waals surface area (Å²) >= 11 is 0. The van der Waals surface area contributed by atoms with Crippen molar-refractivity contribution in [3.63, 3.8) is 0 Å². The molecular formula is C16H30IN5O2. The molecule has 24 heavy (non-hydrogen) atoms. The maximum Gasteiger partial charge on any atom is 0.193 e. The van der Waals surface area contributed by atoms with Crippen LogP contribution in [0.4, 0.5) is 0 Å². The molecule has 0 aromatic carbocycles. The van der Waals surface area contributed by atoms with Gasteiger partial charge in [0.2, 0.25) is 0 Å². The minimum absolute atomic E-state index is 0. The Hall–Kier alpha value is -0.870. The van der Waals surface area contributed by atoms with Crippen molar-refractivity contribution in [3.05, 3.63) is 18.7 Å². The topological polar surface area (TPSA) is 63.9 Å². The number of hydrogen-bond acceptors (Lipinski definition) is 4. The van der Waals surface area contributed by atoms with Crippen molar-refractivity contribution < 1.29 is 9.47 Å². The lowest BCUT2D eigenvalue weighted by Gasteiger charge is -2.21. The van der Waals surface area contributed by atoms with Crippen LogP contribution in [0.5, 0.6) is 0 Å². The molecule has 2 rings (SSSR count). The van der Waals surface area contributed by atoms with E-state index in [0.717, 1.165) is 51.7 Å². The number of aliphatic imine (C=N–C) groups is 1. The van der Waals surface area contributed by atoms with E-state index < -0.39 is 0 Å². The normalized spacial score (nSPS) is 17.8. The van der Waals surface area contributed by atoms with Crippen LogP contribution in [0.15, 0.2) is 23.7 Å². The summed E-state index contributed by atoms with van der Waals surface area (Å²) < 4.78 is 12.7. The molecule has 1 atom stereocenters. The number of likely N-dealkylation sites (tertiary alicyclic amines) is 1. The number of nitrogens with one attached hydrogen (secondary N) is 1. The first-order valence-electron chi connectivity index (χ1n) is 8.39. The molecule has 8 heteroatoms. The Balaban J connectivity index is 0.00000288. The second kappa shape index (κ2) is 12.5. The van der Waals surface area contributed by atoms with E-state index in [2.05, 4.69) is 22.1 Å². The quantitative estimate of drug-likeness (QED) is 0.267.